The maximum absolute atomic E-state index is 12.7. The molecule has 1 N–H and O–H groups in total. The van der Waals surface area contributed by atoms with Gasteiger partial charge in [0, 0.05) is 29.1 Å². The smallest absolute Gasteiger partial charge is 0.251 e. The topological polar surface area (TPSA) is 81.2 Å². The average molecular weight is 550 g/mol. The zero-order valence-electron chi connectivity index (χ0n) is 24.4. The molecule has 4 rings (SSSR count). The highest BCUT2D eigenvalue weighted by Crippen LogP contribution is 2.24. The van der Waals surface area contributed by atoms with Gasteiger partial charge in [0.25, 0.3) is 5.91 Å². The van der Waals surface area contributed by atoms with Gasteiger partial charge in [-0.25, -0.2) is 9.97 Å². The number of hydrogen-bond acceptors (Lipinski definition) is 5. The van der Waals surface area contributed by atoms with Crippen molar-refractivity contribution < 1.29 is 14.3 Å². The van der Waals surface area contributed by atoms with Crippen LogP contribution in [0.15, 0.2) is 85.2 Å². The molecule has 3 aromatic carbocycles. The van der Waals surface area contributed by atoms with Crippen LogP contribution in [0.25, 0.3) is 22.5 Å². The SMILES string of the molecule is CCCCCOc1ccc(-c2cnc(-c3ccc(CC(C=O)NC(=O)c4ccc(C(C)(C)C)cc4)cc3)nc2)cc1. The van der Waals surface area contributed by atoms with Gasteiger partial charge in [-0.05, 0) is 59.2 Å². The first kappa shape index (κ1) is 29.7. The van der Waals surface area contributed by atoms with Gasteiger partial charge in [0.15, 0.2) is 5.82 Å². The first-order valence-electron chi connectivity index (χ1n) is 14.3. The van der Waals surface area contributed by atoms with Gasteiger partial charge in [-0.15, -0.1) is 0 Å². The fourth-order valence-electron chi connectivity index (χ4n) is 4.46. The zero-order chi connectivity index (χ0) is 29.2. The molecular formula is C35H39N3O3. The molecule has 0 saturated carbocycles. The molecule has 0 aliphatic rings. The summed E-state index contributed by atoms with van der Waals surface area (Å²) in [5.74, 6) is 1.23. The second kappa shape index (κ2) is 13.8. The maximum atomic E-state index is 12.7. The number of hydrogen-bond donors (Lipinski definition) is 1. The normalized spacial score (nSPS) is 12.0. The number of carbonyl (C=O) groups excluding carboxylic acids is 2. The van der Waals surface area contributed by atoms with Crippen LogP contribution in [0, 0.1) is 0 Å². The van der Waals surface area contributed by atoms with Crippen molar-refractivity contribution in [2.24, 2.45) is 0 Å². The molecule has 0 aliphatic heterocycles. The van der Waals surface area contributed by atoms with Crippen LogP contribution in [0.2, 0.25) is 0 Å². The molecular weight excluding hydrogens is 510 g/mol. The Morgan fingerprint density at radius 3 is 2.07 bits per heavy atom. The predicted molar refractivity (Wildman–Crippen MR) is 164 cm³/mol. The fraction of sp³-hybridized carbons (Fsp3) is 0.314. The average Bonchev–Trinajstić information content (AvgIpc) is 2.99. The number of benzene rings is 3. The molecule has 4 aromatic rings. The van der Waals surface area contributed by atoms with E-state index in [0.717, 1.165) is 52.9 Å². The number of nitrogens with one attached hydrogen (secondary N) is 1. The molecule has 0 saturated heterocycles. The lowest BCUT2D eigenvalue weighted by Gasteiger charge is -2.19. The Bertz CT molecular complexity index is 1410. The molecule has 0 radical (unpaired) electrons. The standard InChI is InChI=1S/C35H39N3O3/c1-5-6-7-20-41-32-18-14-26(15-19-32)29-22-36-33(37-23-29)27-10-8-25(9-11-27)21-31(24-39)38-34(40)28-12-16-30(17-13-28)35(2,3)4/h8-19,22-24,31H,5-7,20-21H2,1-4H3,(H,38,40). The summed E-state index contributed by atoms with van der Waals surface area (Å²) in [5.41, 5.74) is 5.46. The minimum Gasteiger partial charge on any atom is -0.494 e. The van der Waals surface area contributed by atoms with Crippen molar-refractivity contribution in [1.82, 2.24) is 15.3 Å². The molecule has 1 heterocycles. The van der Waals surface area contributed by atoms with Crippen LogP contribution in [0.3, 0.4) is 0 Å². The van der Waals surface area contributed by atoms with E-state index in [2.05, 4.69) is 43.0 Å². The summed E-state index contributed by atoms with van der Waals surface area (Å²) in [6.07, 6.45) is 8.23. The van der Waals surface area contributed by atoms with Crippen molar-refractivity contribution in [3.05, 3.63) is 102 Å². The maximum Gasteiger partial charge on any atom is 0.251 e. The summed E-state index contributed by atoms with van der Waals surface area (Å²) < 4.78 is 5.80. The van der Waals surface area contributed by atoms with Crippen molar-refractivity contribution in [3.63, 3.8) is 0 Å². The Morgan fingerprint density at radius 1 is 0.854 bits per heavy atom. The third kappa shape index (κ3) is 8.34. The summed E-state index contributed by atoms with van der Waals surface area (Å²) in [5, 5.41) is 2.84. The summed E-state index contributed by atoms with van der Waals surface area (Å²) in [7, 11) is 0. The largest absolute Gasteiger partial charge is 0.494 e. The molecule has 1 aromatic heterocycles. The summed E-state index contributed by atoms with van der Waals surface area (Å²) in [6.45, 7) is 9.30. The molecule has 1 atom stereocenters. The van der Waals surface area contributed by atoms with E-state index in [0.29, 0.717) is 17.8 Å². The lowest BCUT2D eigenvalue weighted by Crippen LogP contribution is -2.37. The van der Waals surface area contributed by atoms with Gasteiger partial charge in [-0.1, -0.05) is 89.1 Å². The molecule has 212 valence electrons. The highest BCUT2D eigenvalue weighted by molar-refractivity contribution is 5.95. The molecule has 0 aliphatic carbocycles. The first-order valence-corrected chi connectivity index (χ1v) is 14.3. The minimum absolute atomic E-state index is 0.00875. The van der Waals surface area contributed by atoms with Crippen molar-refractivity contribution in [1.29, 1.82) is 0 Å². The lowest BCUT2D eigenvalue weighted by atomic mass is 9.86. The van der Waals surface area contributed by atoms with Crippen LogP contribution in [0.5, 0.6) is 5.75 Å². The van der Waals surface area contributed by atoms with Gasteiger partial charge in [0.05, 0.1) is 12.6 Å². The van der Waals surface area contributed by atoms with E-state index in [1.165, 1.54) is 12.8 Å². The molecule has 6 nitrogen and oxygen atoms in total. The van der Waals surface area contributed by atoms with E-state index in [-0.39, 0.29) is 11.3 Å². The molecule has 6 heteroatoms. The number of nitrogens with zero attached hydrogens (tertiary/aromatic N) is 2. The van der Waals surface area contributed by atoms with Gasteiger partial charge in [0.1, 0.15) is 12.0 Å². The van der Waals surface area contributed by atoms with Crippen LogP contribution in [0.1, 0.15) is 68.4 Å². The number of ether oxygens (including phenoxy) is 1. The quantitative estimate of drug-likeness (QED) is 0.149. The Balaban J connectivity index is 1.33. The number of unbranched alkanes of at least 4 members (excludes halogenated alkanes) is 2. The number of carbonyl (C=O) groups is 2. The van der Waals surface area contributed by atoms with Gasteiger partial charge in [0.2, 0.25) is 0 Å². The van der Waals surface area contributed by atoms with E-state index < -0.39 is 6.04 Å². The second-order valence-electron chi connectivity index (χ2n) is 11.3. The first-order chi connectivity index (χ1) is 19.8. The van der Waals surface area contributed by atoms with Crippen LogP contribution in [-0.2, 0) is 16.6 Å². The van der Waals surface area contributed by atoms with Gasteiger partial charge in [-0.2, -0.15) is 0 Å². The molecule has 0 spiro atoms. The Hall–Kier alpha value is -4.32. The highest BCUT2D eigenvalue weighted by atomic mass is 16.5. The van der Waals surface area contributed by atoms with E-state index in [1.807, 2.05) is 73.1 Å². The number of aldehydes is 1. The third-order valence-corrected chi connectivity index (χ3v) is 7.02. The number of aromatic nitrogens is 2. The summed E-state index contributed by atoms with van der Waals surface area (Å²) >= 11 is 0. The Morgan fingerprint density at radius 2 is 1.49 bits per heavy atom. The molecule has 1 amide bonds. The predicted octanol–water partition coefficient (Wildman–Crippen LogP) is 7.22. The van der Waals surface area contributed by atoms with Crippen LogP contribution < -0.4 is 10.1 Å². The monoisotopic (exact) mass is 549 g/mol. The summed E-state index contributed by atoms with van der Waals surface area (Å²) in [6, 6.07) is 22.6. The molecule has 0 fully saturated rings. The molecule has 0 bridgehead atoms. The van der Waals surface area contributed by atoms with Gasteiger partial charge < -0.3 is 14.8 Å². The lowest BCUT2D eigenvalue weighted by molar-refractivity contribution is -0.109. The van der Waals surface area contributed by atoms with Crippen molar-refractivity contribution in [3.8, 4) is 28.3 Å². The molecule has 1 unspecified atom stereocenters. The van der Waals surface area contributed by atoms with Crippen LogP contribution >= 0.6 is 0 Å². The van der Waals surface area contributed by atoms with Crippen molar-refractivity contribution >= 4 is 12.2 Å². The molecule has 41 heavy (non-hydrogen) atoms. The van der Waals surface area contributed by atoms with Crippen LogP contribution in [-0.4, -0.2) is 34.8 Å². The zero-order valence-corrected chi connectivity index (χ0v) is 24.4. The summed E-state index contributed by atoms with van der Waals surface area (Å²) in [4.78, 5) is 33.6. The van der Waals surface area contributed by atoms with E-state index in [1.54, 1.807) is 12.1 Å². The fourth-order valence-corrected chi connectivity index (χ4v) is 4.46. The van der Waals surface area contributed by atoms with E-state index in [9.17, 15) is 9.59 Å². The van der Waals surface area contributed by atoms with E-state index in [4.69, 9.17) is 4.74 Å². The number of rotatable bonds is 12. The number of amides is 1. The van der Waals surface area contributed by atoms with Crippen molar-refractivity contribution in [2.45, 2.75) is 64.8 Å². The Kier molecular flexibility index (Phi) is 10.0. The van der Waals surface area contributed by atoms with Gasteiger partial charge >= 0.3 is 0 Å². The highest BCUT2D eigenvalue weighted by Gasteiger charge is 2.17. The van der Waals surface area contributed by atoms with Crippen molar-refractivity contribution in [2.75, 3.05) is 6.61 Å². The minimum atomic E-state index is -0.626. The van der Waals surface area contributed by atoms with E-state index >= 15 is 0 Å². The second-order valence-corrected chi connectivity index (χ2v) is 11.3. The van der Waals surface area contributed by atoms with Gasteiger partial charge in [-0.3, -0.25) is 4.79 Å². The third-order valence-electron chi connectivity index (χ3n) is 7.02. The van der Waals surface area contributed by atoms with Crippen LogP contribution in [0.4, 0.5) is 0 Å². The Labute approximate surface area is 243 Å².